The summed E-state index contributed by atoms with van der Waals surface area (Å²) >= 11 is 0. The summed E-state index contributed by atoms with van der Waals surface area (Å²) in [6.07, 6.45) is 1.88. The van der Waals surface area contributed by atoms with Gasteiger partial charge in [-0.15, -0.1) is 0 Å². The topological polar surface area (TPSA) is 46.6 Å². The van der Waals surface area contributed by atoms with E-state index in [1.54, 1.807) is 25.2 Å². The van der Waals surface area contributed by atoms with Crippen molar-refractivity contribution >= 4 is 10.0 Å². The molecule has 1 heterocycles. The van der Waals surface area contributed by atoms with E-state index in [0.717, 1.165) is 31.6 Å². The number of hydrogen-bond acceptors (Lipinski definition) is 3. The molecule has 19 heavy (non-hydrogen) atoms. The zero-order valence-electron chi connectivity index (χ0n) is 11.5. The van der Waals surface area contributed by atoms with E-state index in [2.05, 4.69) is 0 Å². The summed E-state index contributed by atoms with van der Waals surface area (Å²) in [6.45, 7) is 3.95. The second-order valence-electron chi connectivity index (χ2n) is 5.16. The average Bonchev–Trinajstić information content (AvgIpc) is 2.40. The lowest BCUT2D eigenvalue weighted by atomic mass is 10.0. The number of sulfonamides is 1. The van der Waals surface area contributed by atoms with E-state index >= 15 is 0 Å². The molecule has 0 radical (unpaired) electrons. The Morgan fingerprint density at radius 2 is 2.00 bits per heavy atom. The van der Waals surface area contributed by atoms with Gasteiger partial charge in [-0.3, -0.25) is 0 Å². The van der Waals surface area contributed by atoms with Crippen LogP contribution in [0.5, 0.6) is 0 Å². The van der Waals surface area contributed by atoms with Crippen LogP contribution in [-0.4, -0.2) is 39.5 Å². The van der Waals surface area contributed by atoms with E-state index in [1.165, 1.54) is 4.31 Å². The van der Waals surface area contributed by atoms with Crippen molar-refractivity contribution in [3.8, 4) is 0 Å². The molecule has 1 aliphatic heterocycles. The van der Waals surface area contributed by atoms with Gasteiger partial charge in [0.25, 0.3) is 0 Å². The first-order valence-electron chi connectivity index (χ1n) is 6.61. The summed E-state index contributed by atoms with van der Waals surface area (Å²) in [7, 11) is -1.71. The summed E-state index contributed by atoms with van der Waals surface area (Å²) in [5.74, 6) is 0.401. The molecule has 0 amide bonds. The molecule has 0 atom stereocenters. The fourth-order valence-corrected chi connectivity index (χ4v) is 3.70. The SMILES string of the molecule is Cc1cccc(S(=O)(=O)N(C)CC2CCOCC2)c1. The van der Waals surface area contributed by atoms with Gasteiger partial charge >= 0.3 is 0 Å². The van der Waals surface area contributed by atoms with Gasteiger partial charge in [0, 0.05) is 26.8 Å². The lowest BCUT2D eigenvalue weighted by molar-refractivity contribution is 0.0620. The zero-order valence-corrected chi connectivity index (χ0v) is 12.3. The van der Waals surface area contributed by atoms with Gasteiger partial charge in [-0.05, 0) is 43.4 Å². The minimum atomic E-state index is -3.37. The Morgan fingerprint density at radius 1 is 1.32 bits per heavy atom. The Bertz CT molecular complexity index is 521. The van der Waals surface area contributed by atoms with E-state index in [4.69, 9.17) is 4.74 Å². The van der Waals surface area contributed by atoms with Crippen molar-refractivity contribution in [1.29, 1.82) is 0 Å². The van der Waals surface area contributed by atoms with Gasteiger partial charge in [0.1, 0.15) is 0 Å². The summed E-state index contributed by atoms with van der Waals surface area (Å²) in [4.78, 5) is 0.377. The molecule has 0 bridgehead atoms. The normalized spacial score (nSPS) is 17.8. The number of ether oxygens (including phenoxy) is 1. The van der Waals surface area contributed by atoms with Crippen molar-refractivity contribution < 1.29 is 13.2 Å². The molecular weight excluding hydrogens is 262 g/mol. The van der Waals surface area contributed by atoms with E-state index in [0.29, 0.717) is 17.4 Å². The molecule has 4 nitrogen and oxygen atoms in total. The Labute approximate surface area is 115 Å². The molecule has 1 aliphatic rings. The van der Waals surface area contributed by atoms with Crippen molar-refractivity contribution in [2.75, 3.05) is 26.8 Å². The highest BCUT2D eigenvalue weighted by molar-refractivity contribution is 7.89. The summed E-state index contributed by atoms with van der Waals surface area (Å²) in [5.41, 5.74) is 0.959. The van der Waals surface area contributed by atoms with E-state index in [1.807, 2.05) is 13.0 Å². The van der Waals surface area contributed by atoms with Crippen LogP contribution < -0.4 is 0 Å². The molecular formula is C14H21NO3S. The van der Waals surface area contributed by atoms with Crippen LogP contribution in [0.15, 0.2) is 29.2 Å². The third kappa shape index (κ3) is 3.55. The van der Waals surface area contributed by atoms with Crippen LogP contribution in [0.3, 0.4) is 0 Å². The fraction of sp³-hybridized carbons (Fsp3) is 0.571. The molecule has 2 rings (SSSR count). The third-order valence-corrected chi connectivity index (χ3v) is 5.37. The van der Waals surface area contributed by atoms with Gasteiger partial charge < -0.3 is 4.74 Å². The van der Waals surface area contributed by atoms with Crippen molar-refractivity contribution in [3.05, 3.63) is 29.8 Å². The van der Waals surface area contributed by atoms with Crippen molar-refractivity contribution in [3.63, 3.8) is 0 Å². The van der Waals surface area contributed by atoms with Crippen LogP contribution in [0.4, 0.5) is 0 Å². The van der Waals surface area contributed by atoms with E-state index in [-0.39, 0.29) is 0 Å². The molecule has 0 unspecified atom stereocenters. The van der Waals surface area contributed by atoms with Crippen molar-refractivity contribution in [2.24, 2.45) is 5.92 Å². The maximum atomic E-state index is 12.5. The highest BCUT2D eigenvalue weighted by Crippen LogP contribution is 2.20. The summed E-state index contributed by atoms with van der Waals surface area (Å²) in [5, 5.41) is 0. The third-order valence-electron chi connectivity index (χ3n) is 3.55. The second kappa shape index (κ2) is 6.03. The number of benzene rings is 1. The molecule has 0 saturated carbocycles. The molecule has 1 aromatic carbocycles. The fourth-order valence-electron chi connectivity index (χ4n) is 2.35. The Kier molecular flexibility index (Phi) is 4.60. The first kappa shape index (κ1) is 14.5. The van der Waals surface area contributed by atoms with Gasteiger partial charge in [0.05, 0.1) is 4.90 Å². The highest BCUT2D eigenvalue weighted by Gasteiger charge is 2.24. The minimum absolute atomic E-state index is 0.377. The van der Waals surface area contributed by atoms with E-state index in [9.17, 15) is 8.42 Å². The van der Waals surface area contributed by atoms with Crippen molar-refractivity contribution in [2.45, 2.75) is 24.7 Å². The number of nitrogens with zero attached hydrogens (tertiary/aromatic N) is 1. The van der Waals surface area contributed by atoms with E-state index < -0.39 is 10.0 Å². The first-order chi connectivity index (χ1) is 9.00. The van der Waals surface area contributed by atoms with Gasteiger partial charge in [-0.1, -0.05) is 12.1 Å². The van der Waals surface area contributed by atoms with Gasteiger partial charge in [-0.25, -0.2) is 12.7 Å². The maximum absolute atomic E-state index is 12.5. The smallest absolute Gasteiger partial charge is 0.242 e. The van der Waals surface area contributed by atoms with Crippen LogP contribution in [0.2, 0.25) is 0 Å². The Hall–Kier alpha value is -0.910. The molecule has 1 saturated heterocycles. The number of rotatable bonds is 4. The molecule has 106 valence electrons. The summed E-state index contributed by atoms with van der Waals surface area (Å²) < 4.78 is 31.7. The quantitative estimate of drug-likeness (QED) is 0.849. The first-order valence-corrected chi connectivity index (χ1v) is 8.05. The molecule has 1 fully saturated rings. The summed E-state index contributed by atoms with van der Waals surface area (Å²) in [6, 6.07) is 7.06. The van der Waals surface area contributed by atoms with Crippen LogP contribution >= 0.6 is 0 Å². The van der Waals surface area contributed by atoms with Gasteiger partial charge in [0.15, 0.2) is 0 Å². The minimum Gasteiger partial charge on any atom is -0.381 e. The lowest BCUT2D eigenvalue weighted by Crippen LogP contribution is -2.34. The molecule has 5 heteroatoms. The molecule has 1 aromatic rings. The standard InChI is InChI=1S/C14H21NO3S/c1-12-4-3-5-14(10-12)19(16,17)15(2)11-13-6-8-18-9-7-13/h3-5,10,13H,6-9,11H2,1-2H3. The van der Waals surface area contributed by atoms with Gasteiger partial charge in [-0.2, -0.15) is 0 Å². The second-order valence-corrected chi connectivity index (χ2v) is 7.20. The Balaban J connectivity index is 2.10. The number of aryl methyl sites for hydroxylation is 1. The predicted molar refractivity (Wildman–Crippen MR) is 74.5 cm³/mol. The largest absolute Gasteiger partial charge is 0.381 e. The van der Waals surface area contributed by atoms with Crippen LogP contribution in [0.1, 0.15) is 18.4 Å². The average molecular weight is 283 g/mol. The molecule has 0 N–H and O–H groups in total. The lowest BCUT2D eigenvalue weighted by Gasteiger charge is -2.26. The van der Waals surface area contributed by atoms with Gasteiger partial charge in [0.2, 0.25) is 10.0 Å². The van der Waals surface area contributed by atoms with Crippen molar-refractivity contribution in [1.82, 2.24) is 4.31 Å². The van der Waals surface area contributed by atoms with Crippen LogP contribution in [0, 0.1) is 12.8 Å². The monoisotopic (exact) mass is 283 g/mol. The maximum Gasteiger partial charge on any atom is 0.242 e. The number of hydrogen-bond donors (Lipinski definition) is 0. The van der Waals surface area contributed by atoms with Crippen LogP contribution in [0.25, 0.3) is 0 Å². The molecule has 0 spiro atoms. The Morgan fingerprint density at radius 3 is 2.63 bits per heavy atom. The predicted octanol–water partition coefficient (Wildman–Crippen LogP) is 2.04. The zero-order chi connectivity index (χ0) is 13.9. The molecule has 0 aliphatic carbocycles. The molecule has 0 aromatic heterocycles. The highest BCUT2D eigenvalue weighted by atomic mass is 32.2. The van der Waals surface area contributed by atoms with Crippen LogP contribution in [-0.2, 0) is 14.8 Å².